The molecule has 0 bridgehead atoms. The summed E-state index contributed by atoms with van der Waals surface area (Å²) in [6.45, 7) is 2.20. The molecule has 1 rings (SSSR count). The molecule has 0 amide bonds. The fourth-order valence-electron chi connectivity index (χ4n) is 2.78. The summed E-state index contributed by atoms with van der Waals surface area (Å²) >= 11 is 0. The molecular weight excluding hydrogens is 340 g/mol. The smallest absolute Gasteiger partial charge is 0.339 e. The van der Waals surface area contributed by atoms with E-state index in [4.69, 9.17) is 5.11 Å². The topological polar surface area (TPSA) is 91.7 Å². The maximum atomic E-state index is 12.2. The van der Waals surface area contributed by atoms with Crippen molar-refractivity contribution in [3.8, 4) is 5.75 Å². The zero-order valence-electron chi connectivity index (χ0n) is 15.0. The minimum atomic E-state index is -3.49. The van der Waals surface area contributed by atoms with Gasteiger partial charge in [0.2, 0.25) is 0 Å². The SMILES string of the molecule is CCCCCCCCCCCCS(=O)(=O)c1ccc(C(=O)O)c(O)c1. The molecule has 0 saturated heterocycles. The van der Waals surface area contributed by atoms with Crippen molar-refractivity contribution in [2.45, 2.75) is 76.0 Å². The molecule has 0 unspecified atom stereocenters. The van der Waals surface area contributed by atoms with Gasteiger partial charge in [-0.05, 0) is 24.6 Å². The molecule has 142 valence electrons. The molecule has 2 N–H and O–H groups in total. The normalized spacial score (nSPS) is 11.6. The number of hydrogen-bond acceptors (Lipinski definition) is 4. The lowest BCUT2D eigenvalue weighted by Gasteiger charge is -2.07. The molecule has 6 heteroatoms. The first-order valence-electron chi connectivity index (χ1n) is 9.17. The van der Waals surface area contributed by atoms with Crippen LogP contribution in [0.2, 0.25) is 0 Å². The Labute approximate surface area is 151 Å². The van der Waals surface area contributed by atoms with Gasteiger partial charge in [0.25, 0.3) is 0 Å². The Morgan fingerprint density at radius 3 is 1.92 bits per heavy atom. The number of rotatable bonds is 13. The number of sulfone groups is 1. The van der Waals surface area contributed by atoms with Gasteiger partial charge < -0.3 is 10.2 Å². The van der Waals surface area contributed by atoms with E-state index in [1.165, 1.54) is 44.6 Å². The van der Waals surface area contributed by atoms with Gasteiger partial charge in [-0.1, -0.05) is 64.7 Å². The second kappa shape index (κ2) is 11.1. The van der Waals surface area contributed by atoms with E-state index in [-0.39, 0.29) is 16.2 Å². The number of benzene rings is 1. The number of carboxylic acids is 1. The van der Waals surface area contributed by atoms with Crippen molar-refractivity contribution in [3.05, 3.63) is 23.8 Å². The van der Waals surface area contributed by atoms with Crippen LogP contribution in [0.15, 0.2) is 23.1 Å². The van der Waals surface area contributed by atoms with Crippen LogP contribution in [0.1, 0.15) is 81.5 Å². The molecule has 0 aliphatic rings. The molecule has 0 spiro atoms. The number of aromatic hydroxyl groups is 1. The zero-order chi connectivity index (χ0) is 18.7. The van der Waals surface area contributed by atoms with E-state index in [0.29, 0.717) is 6.42 Å². The zero-order valence-corrected chi connectivity index (χ0v) is 15.9. The van der Waals surface area contributed by atoms with Crippen molar-refractivity contribution in [2.75, 3.05) is 5.75 Å². The number of phenols is 1. The summed E-state index contributed by atoms with van der Waals surface area (Å²) in [6.07, 6.45) is 11.3. The van der Waals surface area contributed by atoms with Crippen LogP contribution in [0.4, 0.5) is 0 Å². The van der Waals surface area contributed by atoms with Crippen LogP contribution in [-0.4, -0.2) is 30.4 Å². The van der Waals surface area contributed by atoms with Crippen molar-refractivity contribution in [3.63, 3.8) is 0 Å². The molecule has 0 atom stereocenters. The Kier molecular flexibility index (Phi) is 9.57. The maximum Gasteiger partial charge on any atom is 0.339 e. The summed E-state index contributed by atoms with van der Waals surface area (Å²) in [5, 5.41) is 18.5. The summed E-state index contributed by atoms with van der Waals surface area (Å²) < 4.78 is 24.5. The van der Waals surface area contributed by atoms with Gasteiger partial charge in [-0.15, -0.1) is 0 Å². The number of carboxylic acid groups (broad SMARTS) is 1. The van der Waals surface area contributed by atoms with Gasteiger partial charge >= 0.3 is 5.97 Å². The Hall–Kier alpha value is -1.56. The number of unbranched alkanes of at least 4 members (excludes halogenated alkanes) is 9. The minimum Gasteiger partial charge on any atom is -0.507 e. The lowest BCUT2D eigenvalue weighted by atomic mass is 10.1. The van der Waals surface area contributed by atoms with Gasteiger partial charge in [0.05, 0.1) is 10.6 Å². The lowest BCUT2D eigenvalue weighted by molar-refractivity contribution is 0.0693. The molecule has 25 heavy (non-hydrogen) atoms. The maximum absolute atomic E-state index is 12.2. The van der Waals surface area contributed by atoms with Gasteiger partial charge in [0.1, 0.15) is 11.3 Å². The highest BCUT2D eigenvalue weighted by molar-refractivity contribution is 7.91. The second-order valence-electron chi connectivity index (χ2n) is 6.48. The molecule has 1 aromatic rings. The fraction of sp³-hybridized carbons (Fsp3) is 0.632. The Balaban J connectivity index is 2.30. The molecule has 0 aliphatic carbocycles. The molecule has 0 radical (unpaired) electrons. The first-order chi connectivity index (χ1) is 11.9. The average molecular weight is 371 g/mol. The van der Waals surface area contributed by atoms with E-state index in [1.807, 2.05) is 0 Å². The average Bonchev–Trinajstić information content (AvgIpc) is 2.56. The monoisotopic (exact) mass is 370 g/mol. The van der Waals surface area contributed by atoms with Gasteiger partial charge in [0.15, 0.2) is 9.84 Å². The fourth-order valence-corrected chi connectivity index (χ4v) is 4.17. The molecule has 0 aromatic heterocycles. The van der Waals surface area contributed by atoms with Crippen LogP contribution >= 0.6 is 0 Å². The van der Waals surface area contributed by atoms with Crippen LogP contribution in [0.3, 0.4) is 0 Å². The van der Waals surface area contributed by atoms with Crippen LogP contribution in [-0.2, 0) is 9.84 Å². The predicted molar refractivity (Wildman–Crippen MR) is 99.0 cm³/mol. The van der Waals surface area contributed by atoms with E-state index in [0.717, 1.165) is 31.4 Å². The summed E-state index contributed by atoms with van der Waals surface area (Å²) in [7, 11) is -3.49. The van der Waals surface area contributed by atoms with Gasteiger partial charge in [-0.25, -0.2) is 13.2 Å². The molecule has 0 heterocycles. The molecule has 0 fully saturated rings. The summed E-state index contributed by atoms with van der Waals surface area (Å²) in [5.74, 6) is -1.78. The van der Waals surface area contributed by atoms with E-state index >= 15 is 0 Å². The van der Waals surface area contributed by atoms with Crippen molar-refractivity contribution in [1.29, 1.82) is 0 Å². The lowest BCUT2D eigenvalue weighted by Crippen LogP contribution is -2.08. The first kappa shape index (κ1) is 21.5. The number of hydrogen-bond donors (Lipinski definition) is 2. The standard InChI is InChI=1S/C19H30O5S/c1-2-3-4-5-6-7-8-9-10-11-14-25(23,24)16-12-13-17(19(21)22)18(20)15-16/h12-13,15,20H,2-11,14H2,1H3,(H,21,22). The quantitative estimate of drug-likeness (QED) is 0.487. The summed E-state index contributed by atoms with van der Waals surface area (Å²) in [5.41, 5.74) is -0.294. The van der Waals surface area contributed by atoms with Gasteiger partial charge in [-0.2, -0.15) is 0 Å². The summed E-state index contributed by atoms with van der Waals surface area (Å²) in [6, 6.07) is 3.40. The Morgan fingerprint density at radius 1 is 0.920 bits per heavy atom. The molecule has 1 aromatic carbocycles. The van der Waals surface area contributed by atoms with Crippen molar-refractivity contribution in [1.82, 2.24) is 0 Å². The molecular formula is C19H30O5S. The van der Waals surface area contributed by atoms with Crippen LogP contribution in [0.25, 0.3) is 0 Å². The summed E-state index contributed by atoms with van der Waals surface area (Å²) in [4.78, 5) is 10.8. The van der Waals surface area contributed by atoms with Crippen LogP contribution < -0.4 is 0 Å². The molecule has 0 aliphatic heterocycles. The second-order valence-corrected chi connectivity index (χ2v) is 8.59. The Bertz CT molecular complexity index is 637. The van der Waals surface area contributed by atoms with Crippen LogP contribution in [0, 0.1) is 0 Å². The van der Waals surface area contributed by atoms with E-state index in [1.54, 1.807) is 0 Å². The van der Waals surface area contributed by atoms with Crippen molar-refractivity contribution >= 4 is 15.8 Å². The largest absolute Gasteiger partial charge is 0.507 e. The number of aromatic carboxylic acids is 1. The minimum absolute atomic E-state index is 0.0223. The first-order valence-corrected chi connectivity index (χ1v) is 10.8. The predicted octanol–water partition coefficient (Wildman–Crippen LogP) is 4.79. The Morgan fingerprint density at radius 2 is 1.44 bits per heavy atom. The van der Waals surface area contributed by atoms with Gasteiger partial charge in [0, 0.05) is 0 Å². The number of carbonyl (C=O) groups is 1. The van der Waals surface area contributed by atoms with Gasteiger partial charge in [-0.3, -0.25) is 0 Å². The molecule has 5 nitrogen and oxygen atoms in total. The highest BCUT2D eigenvalue weighted by Gasteiger charge is 2.18. The third-order valence-electron chi connectivity index (χ3n) is 4.33. The van der Waals surface area contributed by atoms with Crippen molar-refractivity contribution < 1.29 is 23.4 Å². The van der Waals surface area contributed by atoms with E-state index in [2.05, 4.69) is 6.92 Å². The third-order valence-corrected chi connectivity index (χ3v) is 6.12. The molecule has 0 saturated carbocycles. The highest BCUT2D eigenvalue weighted by Crippen LogP contribution is 2.23. The van der Waals surface area contributed by atoms with Crippen molar-refractivity contribution in [2.24, 2.45) is 0 Å². The highest BCUT2D eigenvalue weighted by atomic mass is 32.2. The van der Waals surface area contributed by atoms with E-state index in [9.17, 15) is 18.3 Å². The van der Waals surface area contributed by atoms with Crippen LogP contribution in [0.5, 0.6) is 5.75 Å². The third kappa shape index (κ3) is 7.90. The van der Waals surface area contributed by atoms with E-state index < -0.39 is 21.6 Å².